The molecule has 2 aliphatic rings. The Morgan fingerprint density at radius 2 is 2.09 bits per heavy atom. The van der Waals surface area contributed by atoms with Crippen LogP contribution in [0.4, 0.5) is 4.39 Å². The summed E-state index contributed by atoms with van der Waals surface area (Å²) in [5, 5.41) is 2.71. The van der Waals surface area contributed by atoms with Gasteiger partial charge in [0, 0.05) is 26.2 Å². The molecule has 0 spiro atoms. The molecule has 2 amide bonds. The molecule has 2 aliphatic heterocycles. The number of halogens is 1. The number of piperazine rings is 1. The summed E-state index contributed by atoms with van der Waals surface area (Å²) in [6, 6.07) is 6.24. The minimum absolute atomic E-state index is 0.0420. The molecule has 1 aromatic carbocycles. The molecule has 2 saturated heterocycles. The van der Waals surface area contributed by atoms with Gasteiger partial charge in [0.05, 0.1) is 25.8 Å². The first kappa shape index (κ1) is 15.9. The molecular formula is C16H20FN3O3. The smallest absolute Gasteiger partial charge is 0.239 e. The average molecular weight is 321 g/mol. The Bertz CT molecular complexity index is 578. The molecule has 1 unspecified atom stereocenters. The number of nitrogens with zero attached hydrogens (tertiary/aromatic N) is 2. The molecule has 1 atom stereocenters. The summed E-state index contributed by atoms with van der Waals surface area (Å²) >= 11 is 0. The van der Waals surface area contributed by atoms with Crippen LogP contribution in [0.5, 0.6) is 0 Å². The molecule has 124 valence electrons. The topological polar surface area (TPSA) is 61.9 Å². The third-order valence-electron chi connectivity index (χ3n) is 4.14. The first-order valence-corrected chi connectivity index (χ1v) is 7.76. The molecule has 0 bridgehead atoms. The maximum Gasteiger partial charge on any atom is 0.239 e. The predicted molar refractivity (Wildman–Crippen MR) is 81.1 cm³/mol. The van der Waals surface area contributed by atoms with Crippen molar-refractivity contribution in [3.8, 4) is 0 Å². The minimum atomic E-state index is -0.278. The molecule has 0 aromatic heterocycles. The number of hydrogen-bond donors (Lipinski definition) is 1. The van der Waals surface area contributed by atoms with Crippen LogP contribution in [-0.2, 0) is 14.3 Å². The van der Waals surface area contributed by atoms with E-state index in [1.165, 1.54) is 12.1 Å². The van der Waals surface area contributed by atoms with Crippen LogP contribution in [0, 0.1) is 5.82 Å². The maximum atomic E-state index is 13.0. The third-order valence-corrected chi connectivity index (χ3v) is 4.14. The molecular weight excluding hydrogens is 301 g/mol. The van der Waals surface area contributed by atoms with Gasteiger partial charge in [-0.3, -0.25) is 14.5 Å². The highest BCUT2D eigenvalue weighted by Gasteiger charge is 2.27. The van der Waals surface area contributed by atoms with E-state index in [9.17, 15) is 14.0 Å². The summed E-state index contributed by atoms with van der Waals surface area (Å²) in [5.41, 5.74) is 0.904. The van der Waals surface area contributed by atoms with Gasteiger partial charge in [-0.1, -0.05) is 12.1 Å². The van der Waals surface area contributed by atoms with Gasteiger partial charge in [-0.15, -0.1) is 0 Å². The summed E-state index contributed by atoms with van der Waals surface area (Å²) in [6.45, 7) is 3.23. The summed E-state index contributed by atoms with van der Waals surface area (Å²) in [7, 11) is 0. The zero-order valence-electron chi connectivity index (χ0n) is 12.8. The van der Waals surface area contributed by atoms with Gasteiger partial charge >= 0.3 is 0 Å². The zero-order valence-corrected chi connectivity index (χ0v) is 12.8. The maximum absolute atomic E-state index is 13.0. The second-order valence-corrected chi connectivity index (χ2v) is 5.81. The second-order valence-electron chi connectivity index (χ2n) is 5.81. The first-order chi connectivity index (χ1) is 11.1. The Balaban J connectivity index is 1.57. The van der Waals surface area contributed by atoms with Crippen LogP contribution in [-0.4, -0.2) is 67.5 Å². The number of carbonyl (C=O) groups is 2. The fraction of sp³-hybridized carbons (Fsp3) is 0.500. The molecule has 2 fully saturated rings. The zero-order chi connectivity index (χ0) is 16.2. The summed E-state index contributed by atoms with van der Waals surface area (Å²) in [6.07, 6.45) is -0.165. The molecule has 2 heterocycles. The minimum Gasteiger partial charge on any atom is -0.371 e. The van der Waals surface area contributed by atoms with Gasteiger partial charge in [0.25, 0.3) is 0 Å². The van der Waals surface area contributed by atoms with Crippen molar-refractivity contribution in [1.82, 2.24) is 15.1 Å². The van der Waals surface area contributed by atoms with Gasteiger partial charge in [-0.2, -0.15) is 0 Å². The lowest BCUT2D eigenvalue weighted by Crippen LogP contribution is -2.53. The van der Waals surface area contributed by atoms with Gasteiger partial charge in [0.15, 0.2) is 0 Å². The van der Waals surface area contributed by atoms with Crippen molar-refractivity contribution < 1.29 is 18.7 Å². The van der Waals surface area contributed by atoms with Crippen LogP contribution in [0.1, 0.15) is 11.7 Å². The van der Waals surface area contributed by atoms with Crippen molar-refractivity contribution in [2.75, 3.05) is 45.9 Å². The molecule has 1 aromatic rings. The molecule has 6 nitrogen and oxygen atoms in total. The third kappa shape index (κ3) is 4.05. The number of hydrogen-bond acceptors (Lipinski definition) is 4. The molecule has 0 saturated carbocycles. The SMILES string of the molecule is O=C1CN(C(=O)CN2CCOC(c3ccc(F)cc3)C2)CCN1. The quantitative estimate of drug-likeness (QED) is 0.861. The second kappa shape index (κ2) is 7.06. The fourth-order valence-corrected chi connectivity index (χ4v) is 2.87. The lowest BCUT2D eigenvalue weighted by Gasteiger charge is -2.34. The van der Waals surface area contributed by atoms with E-state index in [2.05, 4.69) is 5.32 Å². The van der Waals surface area contributed by atoms with E-state index in [-0.39, 0.29) is 36.8 Å². The normalized spacial score (nSPS) is 22.7. The Hall–Kier alpha value is -1.99. The van der Waals surface area contributed by atoms with E-state index < -0.39 is 0 Å². The van der Waals surface area contributed by atoms with Gasteiger partial charge in [0.1, 0.15) is 5.82 Å². The molecule has 23 heavy (non-hydrogen) atoms. The van der Waals surface area contributed by atoms with Crippen LogP contribution in [0.2, 0.25) is 0 Å². The number of nitrogens with one attached hydrogen (secondary N) is 1. The first-order valence-electron chi connectivity index (χ1n) is 7.76. The monoisotopic (exact) mass is 321 g/mol. The number of amides is 2. The van der Waals surface area contributed by atoms with Crippen LogP contribution in [0.25, 0.3) is 0 Å². The Morgan fingerprint density at radius 3 is 2.83 bits per heavy atom. The van der Waals surface area contributed by atoms with Gasteiger partial charge in [-0.05, 0) is 17.7 Å². The number of rotatable bonds is 3. The Kier molecular flexibility index (Phi) is 4.88. The van der Waals surface area contributed by atoms with E-state index in [1.54, 1.807) is 17.0 Å². The molecule has 1 N–H and O–H groups in total. The number of morpholine rings is 1. The average Bonchev–Trinajstić information content (AvgIpc) is 2.56. The van der Waals surface area contributed by atoms with Gasteiger partial charge in [-0.25, -0.2) is 4.39 Å². The van der Waals surface area contributed by atoms with E-state index in [0.717, 1.165) is 5.56 Å². The van der Waals surface area contributed by atoms with E-state index in [4.69, 9.17) is 4.74 Å². The molecule has 7 heteroatoms. The fourth-order valence-electron chi connectivity index (χ4n) is 2.87. The molecule has 3 rings (SSSR count). The number of benzene rings is 1. The summed E-state index contributed by atoms with van der Waals surface area (Å²) < 4.78 is 18.7. The van der Waals surface area contributed by atoms with Crippen molar-refractivity contribution in [3.63, 3.8) is 0 Å². The van der Waals surface area contributed by atoms with Crippen molar-refractivity contribution in [3.05, 3.63) is 35.6 Å². The Morgan fingerprint density at radius 1 is 1.30 bits per heavy atom. The van der Waals surface area contributed by atoms with E-state index in [0.29, 0.717) is 32.8 Å². The predicted octanol–water partition coefficient (Wildman–Crippen LogP) is 0.157. The van der Waals surface area contributed by atoms with Crippen molar-refractivity contribution in [2.45, 2.75) is 6.10 Å². The number of ether oxygens (including phenoxy) is 1. The number of carbonyl (C=O) groups excluding carboxylic acids is 2. The largest absolute Gasteiger partial charge is 0.371 e. The van der Waals surface area contributed by atoms with E-state index in [1.807, 2.05) is 4.90 Å². The standard InChI is InChI=1S/C16H20FN3O3/c17-13-3-1-12(2-4-13)14-9-19(7-8-23-14)11-16(22)20-6-5-18-15(21)10-20/h1-4,14H,5-11H2,(H,18,21). The van der Waals surface area contributed by atoms with E-state index >= 15 is 0 Å². The summed E-state index contributed by atoms with van der Waals surface area (Å²) in [5.74, 6) is -0.435. The van der Waals surface area contributed by atoms with Crippen LogP contribution >= 0.6 is 0 Å². The Labute approximate surface area is 134 Å². The highest BCUT2D eigenvalue weighted by molar-refractivity contribution is 5.86. The van der Waals surface area contributed by atoms with Crippen molar-refractivity contribution in [2.24, 2.45) is 0 Å². The highest BCUT2D eigenvalue weighted by Crippen LogP contribution is 2.22. The van der Waals surface area contributed by atoms with Crippen LogP contribution < -0.4 is 5.32 Å². The molecule has 0 radical (unpaired) electrons. The van der Waals surface area contributed by atoms with Gasteiger partial charge < -0.3 is 15.0 Å². The van der Waals surface area contributed by atoms with Crippen molar-refractivity contribution in [1.29, 1.82) is 0 Å². The highest BCUT2D eigenvalue weighted by atomic mass is 19.1. The van der Waals surface area contributed by atoms with Gasteiger partial charge in [0.2, 0.25) is 11.8 Å². The van der Waals surface area contributed by atoms with Crippen LogP contribution in [0.3, 0.4) is 0 Å². The summed E-state index contributed by atoms with van der Waals surface area (Å²) in [4.78, 5) is 27.3. The molecule has 0 aliphatic carbocycles. The van der Waals surface area contributed by atoms with Crippen molar-refractivity contribution >= 4 is 11.8 Å². The lowest BCUT2D eigenvalue weighted by molar-refractivity contribution is -0.140. The van der Waals surface area contributed by atoms with Crippen LogP contribution in [0.15, 0.2) is 24.3 Å². The lowest BCUT2D eigenvalue weighted by atomic mass is 10.1.